The highest BCUT2D eigenvalue weighted by molar-refractivity contribution is 5.51. The van der Waals surface area contributed by atoms with Crippen LogP contribution in [0.3, 0.4) is 0 Å². The fourth-order valence-electron chi connectivity index (χ4n) is 3.32. The Labute approximate surface area is 113 Å². The van der Waals surface area contributed by atoms with Gasteiger partial charge in [-0.2, -0.15) is 5.26 Å². The Kier molecular flexibility index (Phi) is 3.39. The van der Waals surface area contributed by atoms with Crippen LogP contribution in [-0.4, -0.2) is 23.2 Å². The van der Waals surface area contributed by atoms with E-state index in [0.29, 0.717) is 17.4 Å². The van der Waals surface area contributed by atoms with Gasteiger partial charge in [-0.25, -0.2) is 4.98 Å². The maximum atomic E-state index is 9.10. The van der Waals surface area contributed by atoms with Crippen LogP contribution in [0, 0.1) is 11.3 Å². The summed E-state index contributed by atoms with van der Waals surface area (Å²) in [4.78, 5) is 4.28. The highest BCUT2D eigenvalue weighted by Crippen LogP contribution is 2.40. The van der Waals surface area contributed by atoms with Gasteiger partial charge < -0.3 is 10.1 Å². The van der Waals surface area contributed by atoms with E-state index in [2.05, 4.69) is 16.4 Å². The number of nitriles is 1. The number of anilines is 1. The van der Waals surface area contributed by atoms with Gasteiger partial charge in [0, 0.05) is 18.8 Å². The molecule has 0 unspecified atom stereocenters. The van der Waals surface area contributed by atoms with E-state index in [0.717, 1.165) is 19.4 Å². The van der Waals surface area contributed by atoms with Gasteiger partial charge in [-0.1, -0.05) is 12.8 Å². The van der Waals surface area contributed by atoms with E-state index < -0.39 is 0 Å². The minimum atomic E-state index is 0.0947. The summed E-state index contributed by atoms with van der Waals surface area (Å²) < 4.78 is 6.03. The third-order valence-electron chi connectivity index (χ3n) is 4.28. The lowest BCUT2D eigenvalue weighted by atomic mass is 9.89. The van der Waals surface area contributed by atoms with Crippen LogP contribution in [0.1, 0.15) is 44.1 Å². The minimum Gasteiger partial charge on any atom is -0.375 e. The molecule has 1 aliphatic carbocycles. The third-order valence-corrected chi connectivity index (χ3v) is 4.28. The van der Waals surface area contributed by atoms with Crippen molar-refractivity contribution in [3.8, 4) is 6.07 Å². The van der Waals surface area contributed by atoms with Crippen molar-refractivity contribution in [2.24, 2.45) is 0 Å². The Balaban J connectivity index is 1.71. The molecule has 1 aromatic rings. The fraction of sp³-hybridized carbons (Fsp3) is 0.600. The number of ether oxygens (including phenoxy) is 1. The molecule has 3 rings (SSSR count). The first-order chi connectivity index (χ1) is 9.31. The summed E-state index contributed by atoms with van der Waals surface area (Å²) in [6, 6.07) is 6.16. The molecule has 4 heteroatoms. The van der Waals surface area contributed by atoms with E-state index >= 15 is 0 Å². The fourth-order valence-corrected chi connectivity index (χ4v) is 3.32. The summed E-state index contributed by atoms with van der Waals surface area (Å²) in [7, 11) is 0. The quantitative estimate of drug-likeness (QED) is 0.885. The molecule has 19 heavy (non-hydrogen) atoms. The summed E-state index contributed by atoms with van der Waals surface area (Å²) in [5, 5.41) is 12.5. The summed E-state index contributed by atoms with van der Waals surface area (Å²) in [5.74, 6) is 0.713. The highest BCUT2D eigenvalue weighted by atomic mass is 16.5. The van der Waals surface area contributed by atoms with Gasteiger partial charge in [0.1, 0.15) is 11.9 Å². The summed E-state index contributed by atoms with van der Waals surface area (Å²) in [6.45, 7) is 0.812. The van der Waals surface area contributed by atoms with Gasteiger partial charge in [0.15, 0.2) is 0 Å². The predicted molar refractivity (Wildman–Crippen MR) is 72.7 cm³/mol. The molecule has 4 nitrogen and oxygen atoms in total. The molecule has 2 fully saturated rings. The zero-order valence-electron chi connectivity index (χ0n) is 11.1. The number of aromatic nitrogens is 1. The van der Waals surface area contributed by atoms with Crippen LogP contribution < -0.4 is 5.32 Å². The monoisotopic (exact) mass is 257 g/mol. The van der Waals surface area contributed by atoms with Crippen LogP contribution in [0.4, 0.5) is 5.82 Å². The van der Waals surface area contributed by atoms with Crippen molar-refractivity contribution in [1.82, 2.24) is 4.98 Å². The minimum absolute atomic E-state index is 0.0947. The number of pyridine rings is 1. The average molecular weight is 257 g/mol. The Morgan fingerprint density at radius 1 is 1.42 bits per heavy atom. The van der Waals surface area contributed by atoms with Gasteiger partial charge in [0.25, 0.3) is 0 Å². The molecule has 0 bridgehead atoms. The lowest BCUT2D eigenvalue weighted by molar-refractivity contribution is -0.0767. The SMILES string of the molecule is N#Cc1cccnc1N[C@H]1CCOC2(CCCC2)C1. The average Bonchev–Trinajstić information content (AvgIpc) is 2.87. The van der Waals surface area contributed by atoms with E-state index in [4.69, 9.17) is 10.00 Å². The number of nitrogens with one attached hydrogen (secondary N) is 1. The van der Waals surface area contributed by atoms with Crippen LogP contribution in [-0.2, 0) is 4.74 Å². The first-order valence-electron chi connectivity index (χ1n) is 7.07. The molecule has 0 radical (unpaired) electrons. The normalized spacial score (nSPS) is 25.1. The van der Waals surface area contributed by atoms with Crippen LogP contribution in [0.25, 0.3) is 0 Å². The van der Waals surface area contributed by atoms with Crippen molar-refractivity contribution >= 4 is 5.82 Å². The number of hydrogen-bond acceptors (Lipinski definition) is 4. The number of rotatable bonds is 2. The summed E-state index contributed by atoms with van der Waals surface area (Å²) in [5.41, 5.74) is 0.715. The molecular weight excluding hydrogens is 238 g/mol. The van der Waals surface area contributed by atoms with Crippen LogP contribution in [0.5, 0.6) is 0 Å². The van der Waals surface area contributed by atoms with Gasteiger partial charge in [0.2, 0.25) is 0 Å². The Bertz CT molecular complexity index is 488. The maximum absolute atomic E-state index is 9.10. The van der Waals surface area contributed by atoms with Crippen LogP contribution >= 0.6 is 0 Å². The summed E-state index contributed by atoms with van der Waals surface area (Å²) in [6.07, 6.45) is 8.67. The lowest BCUT2D eigenvalue weighted by Crippen LogP contribution is -2.42. The third kappa shape index (κ3) is 2.57. The molecule has 0 amide bonds. The second kappa shape index (κ2) is 5.18. The van der Waals surface area contributed by atoms with Crippen LogP contribution in [0.2, 0.25) is 0 Å². The van der Waals surface area contributed by atoms with E-state index in [1.54, 1.807) is 18.3 Å². The second-order valence-corrected chi connectivity index (χ2v) is 5.58. The number of nitrogens with zero attached hydrogens (tertiary/aromatic N) is 2. The highest BCUT2D eigenvalue weighted by Gasteiger charge is 2.40. The summed E-state index contributed by atoms with van der Waals surface area (Å²) >= 11 is 0. The van der Waals surface area contributed by atoms with Crippen molar-refractivity contribution in [3.05, 3.63) is 23.9 Å². The molecular formula is C15H19N3O. The van der Waals surface area contributed by atoms with E-state index in [1.165, 1.54) is 25.7 Å². The Morgan fingerprint density at radius 2 is 2.26 bits per heavy atom. The maximum Gasteiger partial charge on any atom is 0.144 e. The zero-order chi connectivity index (χ0) is 13.1. The van der Waals surface area contributed by atoms with E-state index in [9.17, 15) is 0 Å². The topological polar surface area (TPSA) is 57.9 Å². The van der Waals surface area contributed by atoms with Gasteiger partial charge in [0.05, 0.1) is 11.2 Å². The van der Waals surface area contributed by atoms with Crippen LogP contribution in [0.15, 0.2) is 18.3 Å². The molecule has 2 aliphatic rings. The van der Waals surface area contributed by atoms with Crippen molar-refractivity contribution < 1.29 is 4.74 Å². The van der Waals surface area contributed by atoms with Gasteiger partial charge in [-0.3, -0.25) is 0 Å². The zero-order valence-corrected chi connectivity index (χ0v) is 11.1. The molecule has 1 saturated heterocycles. The number of hydrogen-bond donors (Lipinski definition) is 1. The molecule has 1 saturated carbocycles. The molecule has 1 N–H and O–H groups in total. The smallest absolute Gasteiger partial charge is 0.144 e. The molecule has 0 aromatic carbocycles. The van der Waals surface area contributed by atoms with Crippen molar-refractivity contribution in [1.29, 1.82) is 5.26 Å². The second-order valence-electron chi connectivity index (χ2n) is 5.58. The molecule has 1 atom stereocenters. The van der Waals surface area contributed by atoms with Crippen molar-refractivity contribution in [2.75, 3.05) is 11.9 Å². The Morgan fingerprint density at radius 3 is 3.05 bits per heavy atom. The molecule has 1 aromatic heterocycles. The molecule has 100 valence electrons. The van der Waals surface area contributed by atoms with E-state index in [1.807, 2.05) is 0 Å². The molecule has 1 spiro atoms. The van der Waals surface area contributed by atoms with Gasteiger partial charge in [-0.05, 0) is 37.8 Å². The lowest BCUT2D eigenvalue weighted by Gasteiger charge is -2.38. The molecule has 1 aliphatic heterocycles. The van der Waals surface area contributed by atoms with Gasteiger partial charge in [-0.15, -0.1) is 0 Å². The van der Waals surface area contributed by atoms with E-state index in [-0.39, 0.29) is 5.60 Å². The Hall–Kier alpha value is -1.60. The predicted octanol–water partition coefficient (Wildman–Crippen LogP) is 2.86. The standard InChI is InChI=1S/C15H19N3O/c16-11-12-4-3-8-17-14(12)18-13-5-9-19-15(10-13)6-1-2-7-15/h3-4,8,13H,1-2,5-7,9-10H2,(H,17,18)/t13-/m0/s1. The van der Waals surface area contributed by atoms with Crippen molar-refractivity contribution in [3.63, 3.8) is 0 Å². The first-order valence-corrected chi connectivity index (χ1v) is 7.07. The molecule has 2 heterocycles. The van der Waals surface area contributed by atoms with Gasteiger partial charge >= 0.3 is 0 Å². The van der Waals surface area contributed by atoms with Crippen molar-refractivity contribution in [2.45, 2.75) is 50.2 Å². The first kappa shape index (κ1) is 12.4. The largest absolute Gasteiger partial charge is 0.375 e.